The summed E-state index contributed by atoms with van der Waals surface area (Å²) >= 11 is 5.99. The molecular formula is C17H19ClN2O4S. The second-order valence-corrected chi connectivity index (χ2v) is 7.90. The van der Waals surface area contributed by atoms with E-state index in [1.807, 2.05) is 0 Å². The second-order valence-electron chi connectivity index (χ2n) is 5.45. The maximum absolute atomic E-state index is 12.6. The van der Waals surface area contributed by atoms with Crippen molar-refractivity contribution in [2.45, 2.75) is 11.8 Å². The van der Waals surface area contributed by atoms with Crippen molar-refractivity contribution in [3.63, 3.8) is 0 Å². The Morgan fingerprint density at radius 3 is 2.60 bits per heavy atom. The van der Waals surface area contributed by atoms with Gasteiger partial charge < -0.3 is 10.1 Å². The van der Waals surface area contributed by atoms with Crippen molar-refractivity contribution in [3.8, 4) is 5.75 Å². The van der Waals surface area contributed by atoms with Gasteiger partial charge in [-0.1, -0.05) is 23.7 Å². The van der Waals surface area contributed by atoms with Crippen LogP contribution in [0.1, 0.15) is 5.56 Å². The number of ether oxygens (including phenoxy) is 1. The van der Waals surface area contributed by atoms with E-state index in [1.54, 1.807) is 37.3 Å². The molecule has 0 aliphatic carbocycles. The normalized spacial score (nSPS) is 11.4. The van der Waals surface area contributed by atoms with Gasteiger partial charge in [0.25, 0.3) is 0 Å². The number of hydrogen-bond acceptors (Lipinski definition) is 4. The molecule has 134 valence electrons. The van der Waals surface area contributed by atoms with Gasteiger partial charge in [-0.2, -0.15) is 4.31 Å². The van der Waals surface area contributed by atoms with Crippen LogP contribution < -0.4 is 10.1 Å². The highest BCUT2D eigenvalue weighted by Gasteiger charge is 2.23. The summed E-state index contributed by atoms with van der Waals surface area (Å²) in [6, 6.07) is 11.3. The lowest BCUT2D eigenvalue weighted by atomic mass is 10.2. The molecule has 0 saturated heterocycles. The monoisotopic (exact) mass is 382 g/mol. The zero-order chi connectivity index (χ0) is 18.6. The van der Waals surface area contributed by atoms with Crippen LogP contribution in [0.25, 0.3) is 0 Å². The minimum absolute atomic E-state index is 0.0415. The van der Waals surface area contributed by atoms with Crippen LogP contribution in [-0.2, 0) is 14.8 Å². The van der Waals surface area contributed by atoms with Gasteiger partial charge in [0.2, 0.25) is 15.9 Å². The van der Waals surface area contributed by atoms with Crippen LogP contribution in [0.15, 0.2) is 47.4 Å². The molecule has 0 aliphatic heterocycles. The Balaban J connectivity index is 2.10. The van der Waals surface area contributed by atoms with Crippen LogP contribution in [-0.4, -0.2) is 39.3 Å². The largest absolute Gasteiger partial charge is 0.497 e. The van der Waals surface area contributed by atoms with Gasteiger partial charge in [-0.25, -0.2) is 8.42 Å². The van der Waals surface area contributed by atoms with E-state index in [4.69, 9.17) is 16.3 Å². The topological polar surface area (TPSA) is 75.7 Å². The number of hydrogen-bond donors (Lipinski definition) is 1. The molecule has 0 atom stereocenters. The van der Waals surface area contributed by atoms with Gasteiger partial charge in [0.15, 0.2) is 0 Å². The van der Waals surface area contributed by atoms with E-state index < -0.39 is 15.9 Å². The highest BCUT2D eigenvalue weighted by atomic mass is 35.5. The van der Waals surface area contributed by atoms with Crippen molar-refractivity contribution in [2.24, 2.45) is 0 Å². The number of rotatable bonds is 6. The molecule has 1 amide bonds. The maximum Gasteiger partial charge on any atom is 0.243 e. The lowest BCUT2D eigenvalue weighted by Crippen LogP contribution is -2.35. The summed E-state index contributed by atoms with van der Waals surface area (Å²) in [7, 11) is -0.952. The van der Waals surface area contributed by atoms with Crippen molar-refractivity contribution >= 4 is 33.2 Å². The molecule has 6 nitrogen and oxygen atoms in total. The lowest BCUT2D eigenvalue weighted by molar-refractivity contribution is -0.116. The van der Waals surface area contributed by atoms with Crippen LogP contribution >= 0.6 is 11.6 Å². The Kier molecular flexibility index (Phi) is 6.05. The average Bonchev–Trinajstić information content (AvgIpc) is 2.57. The summed E-state index contributed by atoms with van der Waals surface area (Å²) in [5, 5.41) is 3.00. The minimum Gasteiger partial charge on any atom is -0.497 e. The molecule has 2 aromatic rings. The van der Waals surface area contributed by atoms with Crippen LogP contribution in [0.5, 0.6) is 5.75 Å². The molecule has 0 heterocycles. The molecule has 0 aromatic heterocycles. The van der Waals surface area contributed by atoms with Crippen molar-refractivity contribution < 1.29 is 17.9 Å². The van der Waals surface area contributed by atoms with Crippen molar-refractivity contribution in [3.05, 3.63) is 53.1 Å². The van der Waals surface area contributed by atoms with Crippen LogP contribution in [0.3, 0.4) is 0 Å². The fourth-order valence-electron chi connectivity index (χ4n) is 2.10. The molecule has 0 aliphatic rings. The number of halogens is 1. The number of methoxy groups -OCH3 is 1. The number of benzene rings is 2. The van der Waals surface area contributed by atoms with Crippen molar-refractivity contribution in [1.29, 1.82) is 0 Å². The van der Waals surface area contributed by atoms with Crippen LogP contribution in [0.4, 0.5) is 5.69 Å². The summed E-state index contributed by atoms with van der Waals surface area (Å²) in [6.45, 7) is 1.45. The number of carbonyl (C=O) groups excluding carboxylic acids is 1. The number of likely N-dealkylation sites (N-methyl/N-ethyl adjacent to an activating group) is 1. The zero-order valence-corrected chi connectivity index (χ0v) is 15.7. The highest BCUT2D eigenvalue weighted by Crippen LogP contribution is 2.22. The first-order valence-electron chi connectivity index (χ1n) is 7.40. The number of amides is 1. The molecule has 0 bridgehead atoms. The fraction of sp³-hybridized carbons (Fsp3) is 0.235. The third kappa shape index (κ3) is 4.72. The van der Waals surface area contributed by atoms with Crippen LogP contribution in [0.2, 0.25) is 5.02 Å². The summed E-state index contributed by atoms with van der Waals surface area (Å²) in [5.74, 6) is 0.130. The third-order valence-corrected chi connectivity index (χ3v) is 5.78. The summed E-state index contributed by atoms with van der Waals surface area (Å²) < 4.78 is 31.2. The number of sulfonamides is 1. The van der Waals surface area contributed by atoms with Gasteiger partial charge in [-0.05, 0) is 36.8 Å². The molecule has 0 fully saturated rings. The maximum atomic E-state index is 12.6. The molecule has 0 saturated carbocycles. The Bertz CT molecular complexity index is 884. The predicted octanol–water partition coefficient (Wildman–Crippen LogP) is 2.92. The van der Waals surface area contributed by atoms with E-state index in [0.29, 0.717) is 16.5 Å². The smallest absolute Gasteiger partial charge is 0.243 e. The van der Waals surface area contributed by atoms with Gasteiger partial charge in [0, 0.05) is 23.8 Å². The molecule has 0 spiro atoms. The minimum atomic E-state index is -3.82. The molecule has 1 N–H and O–H groups in total. The Labute approximate surface area is 152 Å². The summed E-state index contributed by atoms with van der Waals surface area (Å²) in [6.07, 6.45) is 0. The second kappa shape index (κ2) is 7.86. The van der Waals surface area contributed by atoms with E-state index in [1.165, 1.54) is 26.3 Å². The summed E-state index contributed by atoms with van der Waals surface area (Å²) in [5.41, 5.74) is 1.30. The standard InChI is InChI=1S/C17H19ClN2O4S/c1-12-7-8-15(10-16(12)18)25(22,23)20(2)11-17(21)19-13-5-4-6-14(9-13)24-3/h4-10H,11H2,1-3H3,(H,19,21). The van der Waals surface area contributed by atoms with Gasteiger partial charge >= 0.3 is 0 Å². The highest BCUT2D eigenvalue weighted by molar-refractivity contribution is 7.89. The first kappa shape index (κ1) is 19.2. The van der Waals surface area contributed by atoms with Gasteiger partial charge in [0.1, 0.15) is 5.75 Å². The Hall–Kier alpha value is -2.09. The molecule has 25 heavy (non-hydrogen) atoms. The van der Waals surface area contributed by atoms with Gasteiger partial charge in [0.05, 0.1) is 18.6 Å². The van der Waals surface area contributed by atoms with Crippen LogP contribution in [0, 0.1) is 6.92 Å². The summed E-state index contributed by atoms with van der Waals surface area (Å²) in [4.78, 5) is 12.2. The fourth-order valence-corrected chi connectivity index (χ4v) is 3.50. The molecule has 0 unspecified atom stereocenters. The first-order valence-corrected chi connectivity index (χ1v) is 9.22. The molecular weight excluding hydrogens is 364 g/mol. The number of carbonyl (C=O) groups is 1. The molecule has 8 heteroatoms. The Morgan fingerprint density at radius 2 is 1.96 bits per heavy atom. The average molecular weight is 383 g/mol. The van der Waals surface area contributed by atoms with Gasteiger partial charge in [-0.3, -0.25) is 4.79 Å². The predicted molar refractivity (Wildman–Crippen MR) is 97.6 cm³/mol. The first-order chi connectivity index (χ1) is 11.7. The van der Waals surface area contributed by atoms with E-state index >= 15 is 0 Å². The zero-order valence-electron chi connectivity index (χ0n) is 14.1. The van der Waals surface area contributed by atoms with E-state index in [9.17, 15) is 13.2 Å². The number of anilines is 1. The number of nitrogens with zero attached hydrogens (tertiary/aromatic N) is 1. The number of nitrogens with one attached hydrogen (secondary N) is 1. The Morgan fingerprint density at radius 1 is 1.24 bits per heavy atom. The van der Waals surface area contributed by atoms with Crippen molar-refractivity contribution in [2.75, 3.05) is 26.0 Å². The van der Waals surface area contributed by atoms with Crippen molar-refractivity contribution in [1.82, 2.24) is 4.31 Å². The molecule has 2 aromatic carbocycles. The van der Waals surface area contributed by atoms with E-state index in [0.717, 1.165) is 9.87 Å². The van der Waals surface area contributed by atoms with E-state index in [2.05, 4.69) is 5.32 Å². The lowest BCUT2D eigenvalue weighted by Gasteiger charge is -2.17. The third-order valence-electron chi connectivity index (χ3n) is 3.57. The molecule has 2 rings (SSSR count). The number of aryl methyl sites for hydroxylation is 1. The quantitative estimate of drug-likeness (QED) is 0.833. The van der Waals surface area contributed by atoms with E-state index in [-0.39, 0.29) is 11.4 Å². The van der Waals surface area contributed by atoms with Gasteiger partial charge in [-0.15, -0.1) is 0 Å². The SMILES string of the molecule is COc1cccc(NC(=O)CN(C)S(=O)(=O)c2ccc(C)c(Cl)c2)c1. The molecule has 0 radical (unpaired) electrons.